The highest BCUT2D eigenvalue weighted by Crippen LogP contribution is 2.12. The normalized spacial score (nSPS) is 19.3. The predicted octanol–water partition coefficient (Wildman–Crippen LogP) is 1.83. The van der Waals surface area contributed by atoms with Crippen LogP contribution >= 0.6 is 0 Å². The van der Waals surface area contributed by atoms with Gasteiger partial charge in [0.05, 0.1) is 13.0 Å². The third-order valence-corrected chi connectivity index (χ3v) is 3.40. The lowest BCUT2D eigenvalue weighted by Crippen LogP contribution is -2.28. The lowest BCUT2D eigenvalue weighted by Gasteiger charge is -2.22. The standard InChI is InChI=1S/C15H21NO3/c17-15(18)8-12-3-5-13(6-4-12)9-16-10-14-2-1-7-19-11-14/h3-6,14,16H,1-2,7-11H2,(H,17,18). The van der Waals surface area contributed by atoms with E-state index < -0.39 is 5.97 Å². The van der Waals surface area contributed by atoms with Crippen molar-refractivity contribution >= 4 is 5.97 Å². The van der Waals surface area contributed by atoms with Gasteiger partial charge in [-0.15, -0.1) is 0 Å². The second-order valence-corrected chi connectivity index (χ2v) is 5.10. The van der Waals surface area contributed by atoms with Crippen molar-refractivity contribution in [3.63, 3.8) is 0 Å². The number of carbonyl (C=O) groups is 1. The summed E-state index contributed by atoms with van der Waals surface area (Å²) in [6, 6.07) is 7.75. The second kappa shape index (κ2) is 7.26. The van der Waals surface area contributed by atoms with Crippen LogP contribution in [0.25, 0.3) is 0 Å². The Balaban J connectivity index is 1.71. The van der Waals surface area contributed by atoms with Crippen molar-refractivity contribution in [2.24, 2.45) is 5.92 Å². The predicted molar refractivity (Wildman–Crippen MR) is 73.0 cm³/mol. The molecule has 0 spiro atoms. The van der Waals surface area contributed by atoms with E-state index in [1.165, 1.54) is 12.0 Å². The topological polar surface area (TPSA) is 58.6 Å². The molecule has 1 aliphatic heterocycles. The molecule has 1 unspecified atom stereocenters. The van der Waals surface area contributed by atoms with Crippen molar-refractivity contribution < 1.29 is 14.6 Å². The van der Waals surface area contributed by atoms with Gasteiger partial charge in [-0.1, -0.05) is 24.3 Å². The minimum atomic E-state index is -0.789. The maximum Gasteiger partial charge on any atom is 0.307 e. The summed E-state index contributed by atoms with van der Waals surface area (Å²) in [4.78, 5) is 10.6. The number of benzene rings is 1. The summed E-state index contributed by atoms with van der Waals surface area (Å²) in [6.45, 7) is 3.58. The molecule has 104 valence electrons. The van der Waals surface area contributed by atoms with Crippen molar-refractivity contribution in [3.05, 3.63) is 35.4 Å². The number of nitrogens with one attached hydrogen (secondary N) is 1. The molecule has 2 N–H and O–H groups in total. The zero-order chi connectivity index (χ0) is 13.5. The summed E-state index contributed by atoms with van der Waals surface area (Å²) in [5.74, 6) is -0.164. The van der Waals surface area contributed by atoms with Crippen molar-refractivity contribution in [2.75, 3.05) is 19.8 Å². The smallest absolute Gasteiger partial charge is 0.307 e. The highest BCUT2D eigenvalue weighted by molar-refractivity contribution is 5.70. The molecule has 0 aromatic heterocycles. The molecule has 4 heteroatoms. The molecule has 1 heterocycles. The first kappa shape index (κ1) is 14.0. The molecule has 0 amide bonds. The molecule has 0 bridgehead atoms. The van der Waals surface area contributed by atoms with Crippen LogP contribution in [0.5, 0.6) is 0 Å². The lowest BCUT2D eigenvalue weighted by atomic mass is 10.0. The molecule has 1 aromatic rings. The van der Waals surface area contributed by atoms with E-state index in [1.807, 2.05) is 24.3 Å². The van der Waals surface area contributed by atoms with Crippen LogP contribution in [0.2, 0.25) is 0 Å². The van der Waals surface area contributed by atoms with Gasteiger partial charge < -0.3 is 15.2 Å². The van der Waals surface area contributed by atoms with Crippen LogP contribution < -0.4 is 5.32 Å². The Morgan fingerprint density at radius 1 is 1.32 bits per heavy atom. The Morgan fingerprint density at radius 3 is 2.68 bits per heavy atom. The molecule has 0 saturated carbocycles. The number of ether oxygens (including phenoxy) is 1. The molecule has 2 rings (SSSR count). The maximum absolute atomic E-state index is 10.6. The average molecular weight is 263 g/mol. The molecule has 0 aliphatic carbocycles. The molecule has 1 aliphatic rings. The fourth-order valence-electron chi connectivity index (χ4n) is 2.34. The minimum Gasteiger partial charge on any atom is -0.481 e. The molecule has 1 atom stereocenters. The highest BCUT2D eigenvalue weighted by atomic mass is 16.5. The van der Waals surface area contributed by atoms with Gasteiger partial charge in [0.25, 0.3) is 0 Å². The molecular formula is C15H21NO3. The fraction of sp³-hybridized carbons (Fsp3) is 0.533. The van der Waals surface area contributed by atoms with Gasteiger partial charge in [-0.3, -0.25) is 4.79 Å². The number of aliphatic carboxylic acids is 1. The summed E-state index contributed by atoms with van der Waals surface area (Å²) >= 11 is 0. The lowest BCUT2D eigenvalue weighted by molar-refractivity contribution is -0.136. The van der Waals surface area contributed by atoms with Gasteiger partial charge in [-0.25, -0.2) is 0 Å². The Morgan fingerprint density at radius 2 is 2.05 bits per heavy atom. The van der Waals surface area contributed by atoms with Gasteiger partial charge in [0.2, 0.25) is 0 Å². The molecule has 19 heavy (non-hydrogen) atoms. The average Bonchev–Trinajstić information content (AvgIpc) is 2.41. The molecule has 1 saturated heterocycles. The Bertz CT molecular complexity index is 396. The third-order valence-electron chi connectivity index (χ3n) is 3.40. The van der Waals surface area contributed by atoms with Crippen LogP contribution in [-0.2, 0) is 22.5 Å². The summed E-state index contributed by atoms with van der Waals surface area (Å²) in [5.41, 5.74) is 2.03. The zero-order valence-electron chi connectivity index (χ0n) is 11.1. The van der Waals surface area contributed by atoms with Gasteiger partial charge in [0.1, 0.15) is 0 Å². The van der Waals surface area contributed by atoms with Crippen LogP contribution in [-0.4, -0.2) is 30.8 Å². The van der Waals surface area contributed by atoms with Crippen molar-refractivity contribution in [1.82, 2.24) is 5.32 Å². The number of rotatable bonds is 6. The van der Waals surface area contributed by atoms with Gasteiger partial charge >= 0.3 is 5.97 Å². The van der Waals surface area contributed by atoms with Gasteiger partial charge in [0, 0.05) is 19.7 Å². The first-order chi connectivity index (χ1) is 9.24. The first-order valence-corrected chi connectivity index (χ1v) is 6.82. The largest absolute Gasteiger partial charge is 0.481 e. The van der Waals surface area contributed by atoms with Crippen LogP contribution in [0.1, 0.15) is 24.0 Å². The van der Waals surface area contributed by atoms with Crippen molar-refractivity contribution in [2.45, 2.75) is 25.8 Å². The number of carboxylic acids is 1. The zero-order valence-corrected chi connectivity index (χ0v) is 11.1. The Hall–Kier alpha value is -1.39. The molecule has 4 nitrogen and oxygen atoms in total. The van der Waals surface area contributed by atoms with E-state index in [4.69, 9.17) is 9.84 Å². The van der Waals surface area contributed by atoms with E-state index in [1.54, 1.807) is 0 Å². The maximum atomic E-state index is 10.6. The summed E-state index contributed by atoms with van der Waals surface area (Å²) in [6.07, 6.45) is 2.49. The van der Waals surface area contributed by atoms with Gasteiger partial charge in [0.15, 0.2) is 0 Å². The highest BCUT2D eigenvalue weighted by Gasteiger charge is 2.12. The Kier molecular flexibility index (Phi) is 5.36. The Labute approximate surface area is 113 Å². The van der Waals surface area contributed by atoms with E-state index >= 15 is 0 Å². The summed E-state index contributed by atoms with van der Waals surface area (Å²) < 4.78 is 5.44. The van der Waals surface area contributed by atoms with Gasteiger partial charge in [-0.2, -0.15) is 0 Å². The number of hydrogen-bond donors (Lipinski definition) is 2. The molecule has 0 radical (unpaired) electrons. The monoisotopic (exact) mass is 263 g/mol. The van der Waals surface area contributed by atoms with E-state index in [0.717, 1.165) is 38.3 Å². The third kappa shape index (κ3) is 5.01. The SMILES string of the molecule is O=C(O)Cc1ccc(CNCC2CCCOC2)cc1. The van der Waals surface area contributed by atoms with Crippen LogP contribution in [0, 0.1) is 5.92 Å². The van der Waals surface area contributed by atoms with Gasteiger partial charge in [-0.05, 0) is 29.9 Å². The summed E-state index contributed by atoms with van der Waals surface area (Å²) in [7, 11) is 0. The van der Waals surface area contributed by atoms with Crippen LogP contribution in [0.3, 0.4) is 0 Å². The van der Waals surface area contributed by atoms with Crippen molar-refractivity contribution in [3.8, 4) is 0 Å². The molecular weight excluding hydrogens is 242 g/mol. The summed E-state index contributed by atoms with van der Waals surface area (Å²) in [5, 5.41) is 12.1. The van der Waals surface area contributed by atoms with E-state index in [9.17, 15) is 4.79 Å². The minimum absolute atomic E-state index is 0.0904. The quantitative estimate of drug-likeness (QED) is 0.822. The molecule has 1 aromatic carbocycles. The second-order valence-electron chi connectivity index (χ2n) is 5.10. The first-order valence-electron chi connectivity index (χ1n) is 6.82. The fourth-order valence-corrected chi connectivity index (χ4v) is 2.34. The number of carboxylic acid groups (broad SMARTS) is 1. The van der Waals surface area contributed by atoms with E-state index in [2.05, 4.69) is 5.32 Å². The van der Waals surface area contributed by atoms with E-state index in [-0.39, 0.29) is 6.42 Å². The number of hydrogen-bond acceptors (Lipinski definition) is 3. The van der Waals surface area contributed by atoms with Crippen LogP contribution in [0.4, 0.5) is 0 Å². The van der Waals surface area contributed by atoms with E-state index in [0.29, 0.717) is 5.92 Å². The van der Waals surface area contributed by atoms with Crippen molar-refractivity contribution in [1.29, 1.82) is 0 Å². The van der Waals surface area contributed by atoms with Crippen LogP contribution in [0.15, 0.2) is 24.3 Å². The molecule has 1 fully saturated rings.